The molecule has 0 aliphatic rings. The molecular formula is C19H21BrO3. The minimum atomic E-state index is -0.435. The lowest BCUT2D eigenvalue weighted by Gasteiger charge is -2.20. The summed E-state index contributed by atoms with van der Waals surface area (Å²) in [5, 5.41) is 0. The van der Waals surface area contributed by atoms with Gasteiger partial charge < -0.3 is 9.47 Å². The number of halogens is 1. The van der Waals surface area contributed by atoms with Gasteiger partial charge in [0.2, 0.25) is 0 Å². The third-order valence-electron chi connectivity index (χ3n) is 3.40. The van der Waals surface area contributed by atoms with E-state index in [4.69, 9.17) is 9.47 Å². The first-order valence-corrected chi connectivity index (χ1v) is 8.25. The molecule has 4 heteroatoms. The molecule has 0 atom stereocenters. The lowest BCUT2D eigenvalue weighted by atomic mass is 9.87. The molecule has 0 aliphatic carbocycles. The van der Waals surface area contributed by atoms with E-state index in [2.05, 4.69) is 36.7 Å². The average Bonchev–Trinajstić information content (AvgIpc) is 2.48. The Morgan fingerprint density at radius 2 is 1.74 bits per heavy atom. The Morgan fingerprint density at radius 1 is 1.09 bits per heavy atom. The number of carbonyl (C=O) groups is 1. The Balaban J connectivity index is 1.96. The highest BCUT2D eigenvalue weighted by molar-refractivity contribution is 9.10. The number of hydrogen-bond acceptors (Lipinski definition) is 3. The third-order valence-corrected chi connectivity index (χ3v) is 4.02. The maximum absolute atomic E-state index is 11.9. The quantitative estimate of drug-likeness (QED) is 0.553. The lowest BCUT2D eigenvalue weighted by molar-refractivity contribution is -0.136. The Kier molecular flexibility index (Phi) is 5.47. The second kappa shape index (κ2) is 7.18. The molecule has 0 spiro atoms. The van der Waals surface area contributed by atoms with Crippen LogP contribution in [-0.4, -0.2) is 12.6 Å². The number of benzene rings is 2. The Morgan fingerprint density at radius 3 is 2.30 bits per heavy atom. The van der Waals surface area contributed by atoms with Gasteiger partial charge in [-0.3, -0.25) is 0 Å². The third kappa shape index (κ3) is 5.10. The largest absolute Gasteiger partial charge is 0.482 e. The molecule has 2 rings (SSSR count). The van der Waals surface area contributed by atoms with Crippen LogP contribution in [-0.2, 0) is 10.2 Å². The summed E-state index contributed by atoms with van der Waals surface area (Å²) in [5.74, 6) is 0.708. The normalized spacial score (nSPS) is 11.2. The molecule has 2 aromatic rings. The standard InChI is InChI=1S/C19H21BrO3/c1-13-5-8-15(9-6-13)22-12-18(21)23-17-10-7-14(11-16(17)20)19(2,3)4/h5-11H,12H2,1-4H3. The molecule has 0 aliphatic heterocycles. The highest BCUT2D eigenvalue weighted by Gasteiger charge is 2.16. The summed E-state index contributed by atoms with van der Waals surface area (Å²) in [6.07, 6.45) is 0. The second-order valence-electron chi connectivity index (χ2n) is 6.47. The van der Waals surface area contributed by atoms with Gasteiger partial charge in [-0.15, -0.1) is 0 Å². The predicted molar refractivity (Wildman–Crippen MR) is 95.2 cm³/mol. The summed E-state index contributed by atoms with van der Waals surface area (Å²) in [7, 11) is 0. The summed E-state index contributed by atoms with van der Waals surface area (Å²) in [4.78, 5) is 11.9. The summed E-state index contributed by atoms with van der Waals surface area (Å²) < 4.78 is 11.5. The minimum Gasteiger partial charge on any atom is -0.482 e. The van der Waals surface area contributed by atoms with Crippen molar-refractivity contribution >= 4 is 21.9 Å². The van der Waals surface area contributed by atoms with E-state index in [1.807, 2.05) is 43.3 Å². The van der Waals surface area contributed by atoms with Gasteiger partial charge in [0.25, 0.3) is 0 Å². The molecule has 0 heterocycles. The molecule has 122 valence electrons. The molecule has 0 unspecified atom stereocenters. The minimum absolute atomic E-state index is 0.0413. The Labute approximate surface area is 145 Å². The van der Waals surface area contributed by atoms with Crippen molar-refractivity contribution in [3.63, 3.8) is 0 Å². The van der Waals surface area contributed by atoms with Crippen molar-refractivity contribution in [3.05, 3.63) is 58.1 Å². The first-order valence-electron chi connectivity index (χ1n) is 7.46. The van der Waals surface area contributed by atoms with Crippen molar-refractivity contribution in [3.8, 4) is 11.5 Å². The molecule has 0 saturated carbocycles. The van der Waals surface area contributed by atoms with Crippen molar-refractivity contribution in [2.45, 2.75) is 33.1 Å². The predicted octanol–water partition coefficient (Wildman–Crippen LogP) is 5.04. The van der Waals surface area contributed by atoms with Crippen LogP contribution >= 0.6 is 15.9 Å². The van der Waals surface area contributed by atoms with E-state index >= 15 is 0 Å². The van der Waals surface area contributed by atoms with Gasteiger partial charge in [-0.25, -0.2) is 4.79 Å². The van der Waals surface area contributed by atoms with Crippen molar-refractivity contribution < 1.29 is 14.3 Å². The molecule has 3 nitrogen and oxygen atoms in total. The van der Waals surface area contributed by atoms with Gasteiger partial charge in [0, 0.05) is 0 Å². The summed E-state index contributed by atoms with van der Waals surface area (Å²) in [6, 6.07) is 13.3. The molecule has 0 radical (unpaired) electrons. The zero-order valence-electron chi connectivity index (χ0n) is 13.9. The van der Waals surface area contributed by atoms with Gasteiger partial charge in [-0.05, 0) is 58.1 Å². The van der Waals surface area contributed by atoms with E-state index in [1.54, 1.807) is 6.07 Å². The van der Waals surface area contributed by atoms with Crippen molar-refractivity contribution in [2.24, 2.45) is 0 Å². The van der Waals surface area contributed by atoms with E-state index in [1.165, 1.54) is 5.56 Å². The average molecular weight is 377 g/mol. The molecule has 0 N–H and O–H groups in total. The van der Waals surface area contributed by atoms with Gasteiger partial charge in [-0.1, -0.05) is 44.5 Å². The van der Waals surface area contributed by atoms with Gasteiger partial charge in [0.05, 0.1) is 4.47 Å². The van der Waals surface area contributed by atoms with Crippen LogP contribution < -0.4 is 9.47 Å². The molecule has 0 fully saturated rings. The number of rotatable bonds is 4. The summed E-state index contributed by atoms with van der Waals surface area (Å²) >= 11 is 3.45. The van der Waals surface area contributed by atoms with Crippen LogP contribution in [0.15, 0.2) is 46.9 Å². The Bertz CT molecular complexity index is 685. The van der Waals surface area contributed by atoms with Gasteiger partial charge in [-0.2, -0.15) is 0 Å². The van der Waals surface area contributed by atoms with Gasteiger partial charge >= 0.3 is 5.97 Å². The maximum atomic E-state index is 11.9. The summed E-state index contributed by atoms with van der Waals surface area (Å²) in [6.45, 7) is 8.27. The van der Waals surface area contributed by atoms with E-state index in [0.29, 0.717) is 11.5 Å². The smallest absolute Gasteiger partial charge is 0.349 e. The second-order valence-corrected chi connectivity index (χ2v) is 7.33. The molecule has 0 saturated heterocycles. The summed E-state index contributed by atoms with van der Waals surface area (Å²) in [5.41, 5.74) is 2.35. The van der Waals surface area contributed by atoms with Crippen molar-refractivity contribution in [1.82, 2.24) is 0 Å². The first-order chi connectivity index (χ1) is 10.8. The van der Waals surface area contributed by atoms with Crippen LogP contribution in [0.1, 0.15) is 31.9 Å². The number of carbonyl (C=O) groups excluding carboxylic acids is 1. The van der Waals surface area contributed by atoms with E-state index in [-0.39, 0.29) is 12.0 Å². The SMILES string of the molecule is Cc1ccc(OCC(=O)Oc2ccc(C(C)(C)C)cc2Br)cc1. The molecule has 23 heavy (non-hydrogen) atoms. The van der Waals surface area contributed by atoms with E-state index in [0.717, 1.165) is 10.0 Å². The highest BCUT2D eigenvalue weighted by Crippen LogP contribution is 2.31. The molecule has 0 bridgehead atoms. The number of aryl methyl sites for hydroxylation is 1. The van der Waals surface area contributed by atoms with Gasteiger partial charge in [0.15, 0.2) is 6.61 Å². The number of ether oxygens (including phenoxy) is 2. The van der Waals surface area contributed by atoms with E-state index < -0.39 is 5.97 Å². The molecular weight excluding hydrogens is 356 g/mol. The monoisotopic (exact) mass is 376 g/mol. The molecule has 0 amide bonds. The highest BCUT2D eigenvalue weighted by atomic mass is 79.9. The lowest BCUT2D eigenvalue weighted by Crippen LogP contribution is -2.18. The van der Waals surface area contributed by atoms with Crippen LogP contribution in [0.4, 0.5) is 0 Å². The topological polar surface area (TPSA) is 35.5 Å². The fourth-order valence-electron chi connectivity index (χ4n) is 1.98. The number of esters is 1. The van der Waals surface area contributed by atoms with Gasteiger partial charge in [0.1, 0.15) is 11.5 Å². The fourth-order valence-corrected chi connectivity index (χ4v) is 2.44. The first kappa shape index (κ1) is 17.5. The fraction of sp³-hybridized carbons (Fsp3) is 0.316. The van der Waals surface area contributed by atoms with Crippen LogP contribution in [0.2, 0.25) is 0 Å². The Hall–Kier alpha value is -1.81. The van der Waals surface area contributed by atoms with E-state index in [9.17, 15) is 4.79 Å². The van der Waals surface area contributed by atoms with Crippen LogP contribution in [0, 0.1) is 6.92 Å². The molecule has 0 aromatic heterocycles. The van der Waals surface area contributed by atoms with Crippen LogP contribution in [0.5, 0.6) is 11.5 Å². The number of hydrogen-bond donors (Lipinski definition) is 0. The molecule has 2 aromatic carbocycles. The zero-order chi connectivity index (χ0) is 17.0. The maximum Gasteiger partial charge on any atom is 0.349 e. The van der Waals surface area contributed by atoms with Crippen molar-refractivity contribution in [2.75, 3.05) is 6.61 Å². The zero-order valence-corrected chi connectivity index (χ0v) is 15.4. The van der Waals surface area contributed by atoms with Crippen LogP contribution in [0.3, 0.4) is 0 Å². The van der Waals surface area contributed by atoms with Crippen molar-refractivity contribution in [1.29, 1.82) is 0 Å². The van der Waals surface area contributed by atoms with Crippen LogP contribution in [0.25, 0.3) is 0 Å².